The summed E-state index contributed by atoms with van der Waals surface area (Å²) in [5.74, 6) is 0.597. The van der Waals surface area contributed by atoms with Crippen LogP contribution in [0.1, 0.15) is 37.0 Å². The highest BCUT2D eigenvalue weighted by atomic mass is 35.5. The Morgan fingerprint density at radius 3 is 2.86 bits per heavy atom. The van der Waals surface area contributed by atoms with Gasteiger partial charge in [0.1, 0.15) is 5.75 Å². The van der Waals surface area contributed by atoms with Crippen molar-refractivity contribution in [2.75, 3.05) is 26.2 Å². The van der Waals surface area contributed by atoms with Crippen molar-refractivity contribution in [1.29, 1.82) is 0 Å². The van der Waals surface area contributed by atoms with Gasteiger partial charge in [0.05, 0.1) is 12.2 Å². The second-order valence-electron chi connectivity index (χ2n) is 5.70. The second-order valence-corrected chi connectivity index (χ2v) is 5.70. The van der Waals surface area contributed by atoms with Gasteiger partial charge in [0.2, 0.25) is 0 Å². The molecule has 2 N–H and O–H groups in total. The number of piperidine rings is 1. The van der Waals surface area contributed by atoms with Gasteiger partial charge in [-0.2, -0.15) is 0 Å². The van der Waals surface area contributed by atoms with Gasteiger partial charge in [0, 0.05) is 13.1 Å². The van der Waals surface area contributed by atoms with E-state index in [0.717, 1.165) is 19.5 Å². The van der Waals surface area contributed by atoms with Gasteiger partial charge in [0.25, 0.3) is 5.91 Å². The summed E-state index contributed by atoms with van der Waals surface area (Å²) in [6, 6.07) is 7.39. The highest BCUT2D eigenvalue weighted by Gasteiger charge is 2.27. The number of hydrogen-bond acceptors (Lipinski definition) is 3. The van der Waals surface area contributed by atoms with Crippen LogP contribution in [0.25, 0.3) is 0 Å². The second kappa shape index (κ2) is 8.25. The SMILES string of the molecule is CCOc1ccccc1C(=O)NCC1(C)CCCNC1.Cl. The van der Waals surface area contributed by atoms with Crippen LogP contribution in [0.15, 0.2) is 24.3 Å². The molecule has 4 nitrogen and oxygen atoms in total. The predicted octanol–water partition coefficient (Wildman–Crippen LogP) is 2.63. The van der Waals surface area contributed by atoms with Gasteiger partial charge in [-0.15, -0.1) is 12.4 Å². The largest absolute Gasteiger partial charge is 0.493 e. The molecule has 0 aromatic heterocycles. The van der Waals surface area contributed by atoms with Crippen molar-refractivity contribution >= 4 is 18.3 Å². The molecule has 0 bridgehead atoms. The van der Waals surface area contributed by atoms with Crippen LogP contribution in [-0.2, 0) is 0 Å². The van der Waals surface area contributed by atoms with E-state index in [4.69, 9.17) is 4.74 Å². The number of nitrogens with one attached hydrogen (secondary N) is 2. The first kappa shape index (κ1) is 17.8. The predicted molar refractivity (Wildman–Crippen MR) is 87.4 cm³/mol. The first-order valence-corrected chi connectivity index (χ1v) is 7.35. The summed E-state index contributed by atoms with van der Waals surface area (Å²) >= 11 is 0. The minimum Gasteiger partial charge on any atom is -0.493 e. The fourth-order valence-electron chi connectivity index (χ4n) is 2.59. The topological polar surface area (TPSA) is 50.4 Å². The van der Waals surface area contributed by atoms with Gasteiger partial charge >= 0.3 is 0 Å². The average molecular weight is 313 g/mol. The Hall–Kier alpha value is -1.26. The Bertz CT molecular complexity index is 459. The standard InChI is InChI=1S/C16H24N2O2.ClH/c1-3-20-14-8-5-4-7-13(14)15(19)18-12-16(2)9-6-10-17-11-16;/h4-5,7-8,17H,3,6,9-12H2,1-2H3,(H,18,19);1H. The van der Waals surface area contributed by atoms with Crippen LogP contribution in [0.2, 0.25) is 0 Å². The first-order chi connectivity index (χ1) is 9.64. The smallest absolute Gasteiger partial charge is 0.255 e. The third kappa shape index (κ3) is 4.90. The summed E-state index contributed by atoms with van der Waals surface area (Å²) in [4.78, 5) is 12.3. The minimum absolute atomic E-state index is 0. The van der Waals surface area contributed by atoms with Crippen molar-refractivity contribution < 1.29 is 9.53 Å². The van der Waals surface area contributed by atoms with E-state index in [2.05, 4.69) is 17.6 Å². The van der Waals surface area contributed by atoms with E-state index in [9.17, 15) is 4.79 Å². The van der Waals surface area contributed by atoms with Crippen molar-refractivity contribution in [3.8, 4) is 5.75 Å². The summed E-state index contributed by atoms with van der Waals surface area (Å²) in [7, 11) is 0. The molecule has 1 aliphatic rings. The van der Waals surface area contributed by atoms with Gasteiger partial charge in [-0.25, -0.2) is 0 Å². The monoisotopic (exact) mass is 312 g/mol. The van der Waals surface area contributed by atoms with E-state index in [1.165, 1.54) is 6.42 Å². The fourth-order valence-corrected chi connectivity index (χ4v) is 2.59. The molecule has 1 atom stereocenters. The maximum atomic E-state index is 12.3. The maximum absolute atomic E-state index is 12.3. The minimum atomic E-state index is -0.0548. The molecule has 21 heavy (non-hydrogen) atoms. The lowest BCUT2D eigenvalue weighted by Gasteiger charge is -2.34. The Labute approximate surface area is 133 Å². The number of ether oxygens (including phenoxy) is 1. The zero-order valence-electron chi connectivity index (χ0n) is 12.8. The van der Waals surface area contributed by atoms with Crippen LogP contribution in [-0.4, -0.2) is 32.1 Å². The number of amides is 1. The van der Waals surface area contributed by atoms with Crippen molar-refractivity contribution in [2.24, 2.45) is 5.41 Å². The summed E-state index contributed by atoms with van der Waals surface area (Å²) in [5.41, 5.74) is 0.760. The molecule has 5 heteroatoms. The highest BCUT2D eigenvalue weighted by molar-refractivity contribution is 5.96. The zero-order chi connectivity index (χ0) is 14.4. The van der Waals surface area contributed by atoms with Gasteiger partial charge in [0.15, 0.2) is 0 Å². The molecule has 0 spiro atoms. The molecule has 2 rings (SSSR count). The molecular weight excluding hydrogens is 288 g/mol. The van der Waals surface area contributed by atoms with Gasteiger partial charge in [-0.3, -0.25) is 4.79 Å². The number of benzene rings is 1. The summed E-state index contributed by atoms with van der Waals surface area (Å²) in [6.45, 7) is 7.43. The zero-order valence-corrected chi connectivity index (χ0v) is 13.6. The Morgan fingerprint density at radius 2 is 2.19 bits per heavy atom. The van der Waals surface area contributed by atoms with Crippen LogP contribution in [0.5, 0.6) is 5.75 Å². The van der Waals surface area contributed by atoms with Crippen molar-refractivity contribution in [1.82, 2.24) is 10.6 Å². The Balaban J connectivity index is 0.00000220. The molecule has 0 saturated carbocycles. The molecule has 1 aromatic rings. The molecule has 0 aliphatic carbocycles. The third-order valence-electron chi connectivity index (χ3n) is 3.79. The van der Waals surface area contributed by atoms with Gasteiger partial charge in [-0.1, -0.05) is 19.1 Å². The van der Waals surface area contributed by atoms with Crippen molar-refractivity contribution in [3.05, 3.63) is 29.8 Å². The van der Waals surface area contributed by atoms with Crippen LogP contribution < -0.4 is 15.4 Å². The van der Waals surface area contributed by atoms with Gasteiger partial charge in [-0.05, 0) is 43.9 Å². The number of halogens is 1. The number of para-hydroxylation sites is 1. The lowest BCUT2D eigenvalue weighted by molar-refractivity contribution is 0.0921. The van der Waals surface area contributed by atoms with E-state index in [-0.39, 0.29) is 23.7 Å². The number of carbonyl (C=O) groups is 1. The molecule has 1 fully saturated rings. The molecule has 1 aromatic carbocycles. The van der Waals surface area contributed by atoms with Crippen LogP contribution in [0.3, 0.4) is 0 Å². The van der Waals surface area contributed by atoms with Crippen LogP contribution in [0.4, 0.5) is 0 Å². The molecule has 1 heterocycles. The van der Waals surface area contributed by atoms with Crippen molar-refractivity contribution in [3.63, 3.8) is 0 Å². The maximum Gasteiger partial charge on any atom is 0.255 e. The third-order valence-corrected chi connectivity index (χ3v) is 3.79. The number of carbonyl (C=O) groups excluding carboxylic acids is 1. The average Bonchev–Trinajstić information content (AvgIpc) is 2.47. The number of hydrogen-bond donors (Lipinski definition) is 2. The van der Waals surface area contributed by atoms with E-state index >= 15 is 0 Å². The van der Waals surface area contributed by atoms with Crippen LogP contribution in [0, 0.1) is 5.41 Å². The molecule has 1 saturated heterocycles. The molecule has 1 amide bonds. The van der Waals surface area contributed by atoms with E-state index in [0.29, 0.717) is 24.5 Å². The molecular formula is C16H25ClN2O2. The Morgan fingerprint density at radius 1 is 1.43 bits per heavy atom. The highest BCUT2D eigenvalue weighted by Crippen LogP contribution is 2.25. The fraction of sp³-hybridized carbons (Fsp3) is 0.562. The lowest BCUT2D eigenvalue weighted by Crippen LogP contribution is -2.45. The summed E-state index contributed by atoms with van der Waals surface area (Å²) in [6.07, 6.45) is 2.31. The lowest BCUT2D eigenvalue weighted by atomic mass is 9.83. The Kier molecular flexibility index (Phi) is 6.99. The molecule has 0 radical (unpaired) electrons. The normalized spacial score (nSPS) is 21.2. The molecule has 1 aliphatic heterocycles. The van der Waals surface area contributed by atoms with Gasteiger partial charge < -0.3 is 15.4 Å². The van der Waals surface area contributed by atoms with E-state index < -0.39 is 0 Å². The summed E-state index contributed by atoms with van der Waals surface area (Å²) in [5, 5.41) is 6.44. The van der Waals surface area contributed by atoms with E-state index in [1.54, 1.807) is 0 Å². The quantitative estimate of drug-likeness (QED) is 0.879. The molecule has 118 valence electrons. The molecule has 1 unspecified atom stereocenters. The van der Waals surface area contributed by atoms with E-state index in [1.807, 2.05) is 31.2 Å². The number of rotatable bonds is 5. The summed E-state index contributed by atoms with van der Waals surface area (Å²) < 4.78 is 5.50. The van der Waals surface area contributed by atoms with Crippen molar-refractivity contribution in [2.45, 2.75) is 26.7 Å². The van der Waals surface area contributed by atoms with Crippen LogP contribution >= 0.6 is 12.4 Å². The first-order valence-electron chi connectivity index (χ1n) is 7.35.